The van der Waals surface area contributed by atoms with Crippen molar-refractivity contribution in [3.05, 3.63) is 39.4 Å². The lowest BCUT2D eigenvalue weighted by atomic mass is 10.0. The Morgan fingerprint density at radius 2 is 2.25 bits per heavy atom. The van der Waals surface area contributed by atoms with Gasteiger partial charge in [-0.05, 0) is 18.6 Å². The highest BCUT2D eigenvalue weighted by Crippen LogP contribution is 2.25. The normalized spacial score (nSPS) is 19.6. The fourth-order valence-electron chi connectivity index (χ4n) is 1.76. The molecule has 1 aromatic carbocycles. The van der Waals surface area contributed by atoms with Crippen LogP contribution in [-0.4, -0.2) is 10.8 Å². The molecule has 1 aliphatic heterocycles. The van der Waals surface area contributed by atoms with E-state index in [4.69, 9.17) is 0 Å². The number of nitro groups is 1. The van der Waals surface area contributed by atoms with Crippen LogP contribution in [-0.2, 0) is 4.79 Å². The van der Waals surface area contributed by atoms with Crippen LogP contribution in [0.2, 0.25) is 0 Å². The Hall–Kier alpha value is -1.95. The summed E-state index contributed by atoms with van der Waals surface area (Å²) in [4.78, 5) is 21.2. The number of nitro benzene ring substituents is 1. The van der Waals surface area contributed by atoms with E-state index in [1.165, 1.54) is 6.07 Å². The van der Waals surface area contributed by atoms with Crippen LogP contribution >= 0.6 is 0 Å². The molecular formula is C10H11N3O3. The topological polar surface area (TPSA) is 84.3 Å². The van der Waals surface area contributed by atoms with Gasteiger partial charge in [0, 0.05) is 18.1 Å². The summed E-state index contributed by atoms with van der Waals surface area (Å²) < 4.78 is 0. The van der Waals surface area contributed by atoms with Crippen molar-refractivity contribution in [1.82, 2.24) is 10.9 Å². The van der Waals surface area contributed by atoms with Crippen molar-refractivity contribution in [1.29, 1.82) is 0 Å². The number of hydrazine groups is 1. The van der Waals surface area contributed by atoms with Gasteiger partial charge in [-0.1, -0.05) is 6.07 Å². The van der Waals surface area contributed by atoms with Crippen molar-refractivity contribution in [2.45, 2.75) is 19.4 Å². The van der Waals surface area contributed by atoms with Crippen molar-refractivity contribution < 1.29 is 9.72 Å². The maximum atomic E-state index is 11.0. The zero-order valence-electron chi connectivity index (χ0n) is 8.69. The number of carbonyl (C=O) groups is 1. The summed E-state index contributed by atoms with van der Waals surface area (Å²) in [6.45, 7) is 1.69. The Morgan fingerprint density at radius 1 is 1.50 bits per heavy atom. The van der Waals surface area contributed by atoms with Crippen LogP contribution in [0.15, 0.2) is 18.2 Å². The van der Waals surface area contributed by atoms with Gasteiger partial charge >= 0.3 is 0 Å². The van der Waals surface area contributed by atoms with Crippen molar-refractivity contribution in [2.75, 3.05) is 0 Å². The predicted octanol–water partition coefficient (Wildman–Crippen LogP) is 0.969. The first-order valence-electron chi connectivity index (χ1n) is 4.87. The van der Waals surface area contributed by atoms with Crippen LogP contribution in [0.25, 0.3) is 0 Å². The van der Waals surface area contributed by atoms with E-state index in [2.05, 4.69) is 10.9 Å². The Morgan fingerprint density at radius 3 is 2.75 bits per heavy atom. The van der Waals surface area contributed by atoms with Crippen molar-refractivity contribution in [2.24, 2.45) is 0 Å². The number of benzene rings is 1. The van der Waals surface area contributed by atoms with Crippen LogP contribution in [0.4, 0.5) is 5.69 Å². The largest absolute Gasteiger partial charge is 0.291 e. The average Bonchev–Trinajstić information content (AvgIpc) is 2.64. The third-order valence-electron chi connectivity index (χ3n) is 2.60. The van der Waals surface area contributed by atoms with Gasteiger partial charge in [-0.2, -0.15) is 0 Å². The highest BCUT2D eigenvalue weighted by Gasteiger charge is 2.23. The number of rotatable bonds is 2. The molecule has 0 radical (unpaired) electrons. The molecule has 0 saturated carbocycles. The minimum absolute atomic E-state index is 0.0685. The van der Waals surface area contributed by atoms with Gasteiger partial charge in [0.15, 0.2) is 0 Å². The van der Waals surface area contributed by atoms with Gasteiger partial charge < -0.3 is 0 Å². The van der Waals surface area contributed by atoms with E-state index >= 15 is 0 Å². The molecule has 2 N–H and O–H groups in total. The zero-order valence-corrected chi connectivity index (χ0v) is 8.69. The standard InChI is InChI=1S/C10H11N3O3/c1-6-4-7(2-3-9(6)13(15)16)8-5-10(14)12-11-8/h2-4,8,11H,5H2,1H3,(H,12,14). The molecule has 0 bridgehead atoms. The molecule has 1 fully saturated rings. The molecule has 16 heavy (non-hydrogen) atoms. The Labute approximate surface area is 91.8 Å². The summed E-state index contributed by atoms with van der Waals surface area (Å²) in [6.07, 6.45) is 0.358. The van der Waals surface area contributed by atoms with Crippen LogP contribution in [0.1, 0.15) is 23.6 Å². The molecule has 0 spiro atoms. The molecule has 2 rings (SSSR count). The third-order valence-corrected chi connectivity index (χ3v) is 2.60. The number of carbonyl (C=O) groups excluding carboxylic acids is 1. The molecule has 1 heterocycles. The van der Waals surface area contributed by atoms with Crippen LogP contribution < -0.4 is 10.9 Å². The monoisotopic (exact) mass is 221 g/mol. The first-order valence-corrected chi connectivity index (χ1v) is 4.87. The summed E-state index contributed by atoms with van der Waals surface area (Å²) in [5.74, 6) is -0.0685. The number of amides is 1. The SMILES string of the molecule is Cc1cc(C2CC(=O)NN2)ccc1[N+](=O)[O-]. The van der Waals surface area contributed by atoms with Gasteiger partial charge in [0.05, 0.1) is 11.0 Å². The van der Waals surface area contributed by atoms with Gasteiger partial charge in [-0.3, -0.25) is 20.3 Å². The van der Waals surface area contributed by atoms with E-state index in [1.807, 2.05) is 0 Å². The quantitative estimate of drug-likeness (QED) is 0.575. The molecule has 1 atom stereocenters. The second kappa shape index (κ2) is 3.90. The molecule has 1 aromatic rings. The molecular weight excluding hydrogens is 210 g/mol. The van der Waals surface area contributed by atoms with E-state index in [1.54, 1.807) is 19.1 Å². The van der Waals surface area contributed by atoms with Crippen molar-refractivity contribution in [3.63, 3.8) is 0 Å². The van der Waals surface area contributed by atoms with E-state index in [-0.39, 0.29) is 17.6 Å². The van der Waals surface area contributed by atoms with Crippen molar-refractivity contribution >= 4 is 11.6 Å². The number of hydrogen-bond acceptors (Lipinski definition) is 4. The number of nitrogens with zero attached hydrogens (tertiary/aromatic N) is 1. The van der Waals surface area contributed by atoms with E-state index in [0.717, 1.165) is 5.56 Å². The molecule has 6 nitrogen and oxygen atoms in total. The summed E-state index contributed by atoms with van der Waals surface area (Å²) >= 11 is 0. The smallest absolute Gasteiger partial charge is 0.272 e. The molecule has 6 heteroatoms. The van der Waals surface area contributed by atoms with Crippen molar-refractivity contribution in [3.8, 4) is 0 Å². The molecule has 1 amide bonds. The third kappa shape index (κ3) is 1.87. The van der Waals surface area contributed by atoms with Gasteiger partial charge in [-0.25, -0.2) is 5.43 Å². The summed E-state index contributed by atoms with van der Waals surface area (Å²) in [7, 11) is 0. The number of hydrogen-bond donors (Lipinski definition) is 2. The highest BCUT2D eigenvalue weighted by atomic mass is 16.6. The molecule has 1 saturated heterocycles. The second-order valence-corrected chi connectivity index (χ2v) is 3.75. The zero-order chi connectivity index (χ0) is 11.7. The van der Waals surface area contributed by atoms with Gasteiger partial charge in [0.2, 0.25) is 5.91 Å². The Kier molecular flexibility index (Phi) is 2.57. The second-order valence-electron chi connectivity index (χ2n) is 3.75. The van der Waals surface area contributed by atoms with Gasteiger partial charge in [0.1, 0.15) is 0 Å². The highest BCUT2D eigenvalue weighted by molar-refractivity contribution is 5.78. The average molecular weight is 221 g/mol. The first-order chi connectivity index (χ1) is 7.58. The Bertz CT molecular complexity index is 459. The number of nitrogens with one attached hydrogen (secondary N) is 2. The van der Waals surface area contributed by atoms with Crippen LogP contribution in [0.3, 0.4) is 0 Å². The molecule has 1 aliphatic rings. The van der Waals surface area contributed by atoms with E-state index in [0.29, 0.717) is 12.0 Å². The van der Waals surface area contributed by atoms with Gasteiger partial charge in [-0.15, -0.1) is 0 Å². The summed E-state index contributed by atoms with van der Waals surface area (Å²) in [5.41, 5.74) is 6.91. The fraction of sp³-hybridized carbons (Fsp3) is 0.300. The lowest BCUT2D eigenvalue weighted by Crippen LogP contribution is -2.27. The van der Waals surface area contributed by atoms with Crippen LogP contribution in [0, 0.1) is 17.0 Å². The Balaban J connectivity index is 2.27. The fourth-order valence-corrected chi connectivity index (χ4v) is 1.76. The molecule has 0 aromatic heterocycles. The maximum Gasteiger partial charge on any atom is 0.272 e. The molecule has 1 unspecified atom stereocenters. The first kappa shape index (κ1) is 10.6. The molecule has 0 aliphatic carbocycles. The van der Waals surface area contributed by atoms with E-state index < -0.39 is 4.92 Å². The number of aryl methyl sites for hydroxylation is 1. The maximum absolute atomic E-state index is 11.0. The van der Waals surface area contributed by atoms with Gasteiger partial charge in [0.25, 0.3) is 5.69 Å². The summed E-state index contributed by atoms with van der Waals surface area (Å²) in [6, 6.07) is 4.76. The summed E-state index contributed by atoms with van der Waals surface area (Å²) in [5, 5.41) is 10.6. The van der Waals surface area contributed by atoms with Crippen LogP contribution in [0.5, 0.6) is 0 Å². The van der Waals surface area contributed by atoms with E-state index in [9.17, 15) is 14.9 Å². The lowest BCUT2D eigenvalue weighted by molar-refractivity contribution is -0.385. The lowest BCUT2D eigenvalue weighted by Gasteiger charge is -2.09. The predicted molar refractivity (Wildman–Crippen MR) is 56.5 cm³/mol. The molecule has 84 valence electrons. The minimum atomic E-state index is -0.412. The minimum Gasteiger partial charge on any atom is -0.291 e.